The average Bonchev–Trinajstić information content (AvgIpc) is 1.51. The van der Waals surface area contributed by atoms with Crippen molar-refractivity contribution in [3.63, 3.8) is 0 Å². The molecule has 0 aliphatic heterocycles. The van der Waals surface area contributed by atoms with E-state index in [4.69, 9.17) is 9.97 Å². The van der Waals surface area contributed by atoms with Gasteiger partial charge in [0.2, 0.25) is 0 Å². The molecule has 0 aliphatic carbocycles. The molecule has 98 heavy (non-hydrogen) atoms. The number of para-hydroxylation sites is 5. The second-order valence-corrected chi connectivity index (χ2v) is 30.6. The van der Waals surface area contributed by atoms with E-state index in [1.54, 1.807) is 0 Å². The first-order chi connectivity index (χ1) is 48.3. The highest BCUT2D eigenvalue weighted by Crippen LogP contribution is 2.45. The van der Waals surface area contributed by atoms with E-state index in [1.807, 2.05) is 152 Å². The molecule has 0 aliphatic rings. The van der Waals surface area contributed by atoms with E-state index >= 15 is 0 Å². The van der Waals surface area contributed by atoms with Crippen molar-refractivity contribution in [2.24, 2.45) is 0 Å². The van der Waals surface area contributed by atoms with Crippen LogP contribution in [-0.4, -0.2) is 18.8 Å². The van der Waals surface area contributed by atoms with Crippen molar-refractivity contribution in [1.29, 1.82) is 0 Å². The largest absolute Gasteiger partial charge is 0.309 e. The van der Waals surface area contributed by atoms with Crippen LogP contribution >= 0.6 is 14.3 Å². The molecule has 6 nitrogen and oxygen atoms in total. The molecule has 8 heteroatoms. The van der Waals surface area contributed by atoms with Crippen molar-refractivity contribution in [3.05, 3.63) is 364 Å². The Bertz CT molecular complexity index is 6330. The van der Waals surface area contributed by atoms with E-state index in [2.05, 4.69) is 221 Å². The Balaban J connectivity index is 0.000000143. The van der Waals surface area contributed by atoms with Gasteiger partial charge < -0.3 is 9.13 Å². The predicted molar refractivity (Wildman–Crippen MR) is 413 cm³/mol. The Morgan fingerprint density at radius 3 is 1.12 bits per heavy atom. The molecule has 4 aromatic heterocycles. The van der Waals surface area contributed by atoms with E-state index in [-0.39, 0.29) is 0 Å². The van der Waals surface area contributed by atoms with Gasteiger partial charge in [-0.25, -0.2) is 9.97 Å². The van der Waals surface area contributed by atoms with Gasteiger partial charge in [-0.15, -0.1) is 0 Å². The SMILES string of the molecule is O=P(c1ccccc1)(c1ccccc1)c1ccc(-c2cccc(-c3ccc4c(c3)c3ccccc3n3c5ccccc5nc43)c2)cc1.O=P(c1ccccc1)(c1ccccc1)c1ccc2cc(-c3ccc(-c4ccc5c(c4)c4ccccc4c4nc6ccccc6n54)cc3)ccc2c1. The van der Waals surface area contributed by atoms with Gasteiger partial charge in [-0.1, -0.05) is 291 Å². The van der Waals surface area contributed by atoms with Crippen LogP contribution in [-0.2, 0) is 9.13 Å². The van der Waals surface area contributed by atoms with E-state index in [0.29, 0.717) is 0 Å². The first-order valence-electron chi connectivity index (χ1n) is 33.1. The van der Waals surface area contributed by atoms with Crippen molar-refractivity contribution >= 4 is 134 Å². The van der Waals surface area contributed by atoms with Crippen molar-refractivity contribution in [3.8, 4) is 44.5 Å². The number of rotatable bonds is 10. The third-order valence-electron chi connectivity index (χ3n) is 19.5. The number of benzene rings is 15. The number of aromatic nitrogens is 4. The molecule has 0 radical (unpaired) electrons. The minimum absolute atomic E-state index is 0.828. The second-order valence-electron chi connectivity index (χ2n) is 25.1. The van der Waals surface area contributed by atoms with Gasteiger partial charge in [-0.3, -0.25) is 8.80 Å². The highest BCUT2D eigenvalue weighted by molar-refractivity contribution is 7.85. The molecule has 0 fully saturated rings. The Labute approximate surface area is 566 Å². The minimum atomic E-state index is -3.04. The maximum absolute atomic E-state index is 14.9. The summed E-state index contributed by atoms with van der Waals surface area (Å²) in [5.41, 5.74) is 17.6. The van der Waals surface area contributed by atoms with E-state index in [9.17, 15) is 9.13 Å². The minimum Gasteiger partial charge on any atom is -0.309 e. The molecule has 0 saturated heterocycles. The molecule has 19 aromatic rings. The van der Waals surface area contributed by atoms with Crippen molar-refractivity contribution in [2.75, 3.05) is 0 Å². The lowest BCUT2D eigenvalue weighted by Crippen LogP contribution is -2.24. The number of pyridine rings is 2. The lowest BCUT2D eigenvalue weighted by atomic mass is 9.96. The summed E-state index contributed by atoms with van der Waals surface area (Å²) in [5, 5.41) is 14.3. The van der Waals surface area contributed by atoms with Crippen molar-refractivity contribution in [2.45, 2.75) is 0 Å². The van der Waals surface area contributed by atoms with Crippen LogP contribution in [0.15, 0.2) is 364 Å². The van der Waals surface area contributed by atoms with Crippen LogP contribution in [0.4, 0.5) is 0 Å². The van der Waals surface area contributed by atoms with Crippen LogP contribution in [0.2, 0.25) is 0 Å². The van der Waals surface area contributed by atoms with E-state index < -0.39 is 14.3 Å². The quantitative estimate of drug-likeness (QED) is 0.101. The fraction of sp³-hybridized carbons (Fsp3) is 0. The Hall–Kier alpha value is -12.0. The summed E-state index contributed by atoms with van der Waals surface area (Å²) < 4.78 is 34.3. The highest BCUT2D eigenvalue weighted by atomic mass is 31.2. The monoisotopic (exact) mass is 1290 g/mol. The highest BCUT2D eigenvalue weighted by Gasteiger charge is 2.31. The Morgan fingerprint density at radius 1 is 0.204 bits per heavy atom. The summed E-state index contributed by atoms with van der Waals surface area (Å²) >= 11 is 0. The lowest BCUT2D eigenvalue weighted by Gasteiger charge is -2.20. The van der Waals surface area contributed by atoms with Gasteiger partial charge in [0.25, 0.3) is 0 Å². The standard InChI is InChI=1S/C47H31N2OP.C43H29N2OP/c50-51(38-11-3-1-4-12-38,39-13-5-2-6-14-39)40-27-25-35-29-34(23-24-36(35)30-40)32-19-21-33(22-20-32)37-26-28-45-43(31-37)41-15-7-8-16-42(41)47-48-44-17-9-10-18-46(44)49(45)47;46-47(34-14-3-1-4-15-34,35-16-5-2-6-17-35)36-25-22-30(23-26-36)31-12-11-13-32(28-31)33-24-27-38-39(29-33)37-18-7-9-20-41(37)45-42-21-10-8-19-40(42)44-43(38)45/h1-31H;1-29H. The summed E-state index contributed by atoms with van der Waals surface area (Å²) in [4.78, 5) is 10.1. The number of hydrogen-bond acceptors (Lipinski definition) is 4. The van der Waals surface area contributed by atoms with Crippen LogP contribution in [0.25, 0.3) is 132 Å². The number of nitrogens with zero attached hydrogens (tertiary/aromatic N) is 4. The molecule has 0 amide bonds. The van der Waals surface area contributed by atoms with Gasteiger partial charge >= 0.3 is 0 Å². The lowest BCUT2D eigenvalue weighted by molar-refractivity contribution is 0.591. The predicted octanol–water partition coefficient (Wildman–Crippen LogP) is 20.7. The summed E-state index contributed by atoms with van der Waals surface area (Å²) in [6.07, 6.45) is 0. The van der Waals surface area contributed by atoms with Crippen LogP contribution in [0.5, 0.6) is 0 Å². The molecule has 19 rings (SSSR count). The van der Waals surface area contributed by atoms with Gasteiger partial charge in [0.1, 0.15) is 11.3 Å². The second kappa shape index (κ2) is 24.0. The van der Waals surface area contributed by atoms with Crippen molar-refractivity contribution in [1.82, 2.24) is 18.8 Å². The molecule has 4 heterocycles. The van der Waals surface area contributed by atoms with Crippen molar-refractivity contribution < 1.29 is 9.13 Å². The van der Waals surface area contributed by atoms with E-state index in [1.165, 1.54) is 32.7 Å². The zero-order chi connectivity index (χ0) is 65.3. The third kappa shape index (κ3) is 9.87. The fourth-order valence-corrected chi connectivity index (χ4v) is 20.0. The summed E-state index contributed by atoms with van der Waals surface area (Å²) in [6, 6.07) is 125. The van der Waals surface area contributed by atoms with Crippen LogP contribution < -0.4 is 31.8 Å². The molecule has 462 valence electrons. The first kappa shape index (κ1) is 58.5. The summed E-state index contributed by atoms with van der Waals surface area (Å²) in [6.45, 7) is 0. The Morgan fingerprint density at radius 2 is 0.551 bits per heavy atom. The molecule has 15 aromatic carbocycles. The van der Waals surface area contributed by atoms with Gasteiger partial charge in [0.15, 0.2) is 14.3 Å². The van der Waals surface area contributed by atoms with Crippen LogP contribution in [0.1, 0.15) is 0 Å². The topological polar surface area (TPSA) is 68.7 Å². The smallest absolute Gasteiger partial charge is 0.171 e. The summed E-state index contributed by atoms with van der Waals surface area (Å²) in [7, 11) is -6.06. The molecule has 0 atom stereocenters. The maximum atomic E-state index is 14.9. The van der Waals surface area contributed by atoms with E-state index in [0.717, 1.165) is 131 Å². The number of hydrogen-bond donors (Lipinski definition) is 0. The molecule has 0 unspecified atom stereocenters. The van der Waals surface area contributed by atoms with Gasteiger partial charge in [-0.05, 0) is 139 Å². The number of fused-ring (bicyclic) bond motifs is 17. The van der Waals surface area contributed by atoms with Gasteiger partial charge in [0.05, 0.1) is 33.1 Å². The molecule has 0 N–H and O–H groups in total. The number of imidazole rings is 2. The van der Waals surface area contributed by atoms with Gasteiger partial charge in [-0.2, -0.15) is 0 Å². The molecular formula is C90H60N4O2P2. The summed E-state index contributed by atoms with van der Waals surface area (Å²) in [5.74, 6) is 0. The molecule has 0 saturated carbocycles. The Kier molecular flexibility index (Phi) is 14.3. The average molecular weight is 1290 g/mol. The fourth-order valence-electron chi connectivity index (χ4n) is 14.6. The zero-order valence-corrected chi connectivity index (χ0v) is 54.9. The molecule has 0 bridgehead atoms. The molecule has 0 spiro atoms. The van der Waals surface area contributed by atoms with Gasteiger partial charge in [0, 0.05) is 53.4 Å². The normalized spacial score (nSPS) is 12.0. The maximum Gasteiger partial charge on any atom is 0.171 e. The zero-order valence-electron chi connectivity index (χ0n) is 53.1. The van der Waals surface area contributed by atoms with Crippen LogP contribution in [0, 0.1) is 0 Å². The third-order valence-corrected chi connectivity index (χ3v) is 25.6. The van der Waals surface area contributed by atoms with Crippen LogP contribution in [0.3, 0.4) is 0 Å². The molecular weight excluding hydrogens is 1230 g/mol. The first-order valence-corrected chi connectivity index (χ1v) is 36.5.